The molecule has 0 fully saturated rings. The van der Waals surface area contributed by atoms with E-state index in [9.17, 15) is 9.59 Å². The Labute approximate surface area is 107 Å². The maximum absolute atomic E-state index is 11.6. The zero-order valence-corrected chi connectivity index (χ0v) is 9.68. The molecule has 2 aromatic rings. The van der Waals surface area contributed by atoms with Gasteiger partial charge < -0.3 is 5.73 Å². The number of hydroxylamine groups is 1. The van der Waals surface area contributed by atoms with Crippen molar-refractivity contribution in [3.63, 3.8) is 0 Å². The number of tetrazole rings is 1. The highest BCUT2D eigenvalue weighted by atomic mass is 16.7. The summed E-state index contributed by atoms with van der Waals surface area (Å²) in [6.45, 7) is -0.381. The molecule has 0 bridgehead atoms. The van der Waals surface area contributed by atoms with Crippen molar-refractivity contribution in [3.8, 4) is 5.69 Å². The van der Waals surface area contributed by atoms with Crippen LogP contribution in [0.2, 0.25) is 0 Å². The lowest BCUT2D eigenvalue weighted by Gasteiger charge is -2.05. The first kappa shape index (κ1) is 12.6. The molecule has 0 aliphatic carbocycles. The Bertz CT molecular complexity index is 565. The van der Waals surface area contributed by atoms with Gasteiger partial charge in [0.15, 0.2) is 6.61 Å². The number of amides is 2. The van der Waals surface area contributed by atoms with Crippen molar-refractivity contribution >= 4 is 11.8 Å². The minimum Gasteiger partial charge on any atom is -0.368 e. The van der Waals surface area contributed by atoms with Gasteiger partial charge in [-0.2, -0.15) is 0 Å². The van der Waals surface area contributed by atoms with Crippen LogP contribution in [0.5, 0.6) is 0 Å². The average molecular weight is 262 g/mol. The van der Waals surface area contributed by atoms with E-state index in [1.165, 1.54) is 11.0 Å². The molecule has 3 N–H and O–H groups in total. The zero-order valence-electron chi connectivity index (χ0n) is 9.68. The van der Waals surface area contributed by atoms with Crippen LogP contribution in [0.25, 0.3) is 5.69 Å². The molecular formula is C10H10N6O3. The Kier molecular flexibility index (Phi) is 3.78. The van der Waals surface area contributed by atoms with Gasteiger partial charge in [0.2, 0.25) is 5.91 Å². The van der Waals surface area contributed by atoms with Crippen molar-refractivity contribution in [2.24, 2.45) is 5.73 Å². The van der Waals surface area contributed by atoms with Crippen LogP contribution >= 0.6 is 0 Å². The van der Waals surface area contributed by atoms with Crippen LogP contribution in [-0.2, 0) is 9.63 Å². The first-order valence-corrected chi connectivity index (χ1v) is 5.20. The number of nitrogens with zero attached hydrogens (tertiary/aromatic N) is 4. The minimum atomic E-state index is -0.672. The predicted molar refractivity (Wildman–Crippen MR) is 61.8 cm³/mol. The molecule has 2 amide bonds. The maximum atomic E-state index is 11.6. The van der Waals surface area contributed by atoms with E-state index in [-0.39, 0.29) is 6.61 Å². The summed E-state index contributed by atoms with van der Waals surface area (Å²) in [7, 11) is 0. The standard InChI is InChI=1S/C10H10N6O3/c11-9(17)5-19-13-10(18)7-1-3-8(4-2-7)16-6-12-14-15-16/h1-4,6H,5H2,(H2,11,17)(H,13,18). The molecule has 1 heterocycles. The van der Waals surface area contributed by atoms with E-state index >= 15 is 0 Å². The quantitative estimate of drug-likeness (QED) is 0.652. The Balaban J connectivity index is 1.98. The van der Waals surface area contributed by atoms with E-state index in [0.29, 0.717) is 11.3 Å². The fraction of sp³-hybridized carbons (Fsp3) is 0.100. The lowest BCUT2D eigenvalue weighted by atomic mass is 10.2. The van der Waals surface area contributed by atoms with Gasteiger partial charge >= 0.3 is 0 Å². The largest absolute Gasteiger partial charge is 0.368 e. The van der Waals surface area contributed by atoms with Crippen LogP contribution in [-0.4, -0.2) is 38.6 Å². The van der Waals surface area contributed by atoms with Crippen LogP contribution in [0.1, 0.15) is 10.4 Å². The molecule has 0 saturated heterocycles. The Hall–Kier alpha value is -2.81. The Morgan fingerprint density at radius 3 is 2.63 bits per heavy atom. The van der Waals surface area contributed by atoms with Gasteiger partial charge in [-0.25, -0.2) is 10.2 Å². The van der Waals surface area contributed by atoms with Gasteiger partial charge in [-0.05, 0) is 34.7 Å². The summed E-state index contributed by atoms with van der Waals surface area (Å²) in [6.07, 6.45) is 1.44. The van der Waals surface area contributed by atoms with Gasteiger partial charge in [0.05, 0.1) is 5.69 Å². The van der Waals surface area contributed by atoms with E-state index in [2.05, 4.69) is 25.8 Å². The monoisotopic (exact) mass is 262 g/mol. The molecule has 9 nitrogen and oxygen atoms in total. The van der Waals surface area contributed by atoms with Gasteiger partial charge in [-0.3, -0.25) is 14.4 Å². The van der Waals surface area contributed by atoms with Gasteiger partial charge in [-0.15, -0.1) is 5.10 Å². The lowest BCUT2D eigenvalue weighted by molar-refractivity contribution is -0.124. The van der Waals surface area contributed by atoms with E-state index in [1.807, 2.05) is 0 Å². The number of benzene rings is 1. The summed E-state index contributed by atoms with van der Waals surface area (Å²) in [5.74, 6) is -1.15. The second kappa shape index (κ2) is 5.69. The van der Waals surface area contributed by atoms with E-state index in [4.69, 9.17) is 5.73 Å². The molecule has 0 saturated carbocycles. The first-order valence-electron chi connectivity index (χ1n) is 5.20. The number of carbonyl (C=O) groups is 2. The molecule has 0 radical (unpaired) electrons. The summed E-state index contributed by atoms with van der Waals surface area (Å²) in [5.41, 5.74) is 8.02. The van der Waals surface area contributed by atoms with Crippen LogP contribution in [0.3, 0.4) is 0 Å². The molecule has 0 atom stereocenters. The van der Waals surface area contributed by atoms with Crippen LogP contribution in [0.4, 0.5) is 0 Å². The SMILES string of the molecule is NC(=O)CONC(=O)c1ccc(-n2cnnn2)cc1. The predicted octanol–water partition coefficient (Wildman–Crippen LogP) is -1.19. The number of hydrogen-bond donors (Lipinski definition) is 2. The van der Waals surface area contributed by atoms with Crippen LogP contribution < -0.4 is 11.2 Å². The molecule has 1 aromatic carbocycles. The second-order valence-electron chi connectivity index (χ2n) is 3.49. The maximum Gasteiger partial charge on any atom is 0.274 e. The molecule has 19 heavy (non-hydrogen) atoms. The normalized spacial score (nSPS) is 10.1. The van der Waals surface area contributed by atoms with Crippen molar-refractivity contribution in [2.45, 2.75) is 0 Å². The third-order valence-corrected chi connectivity index (χ3v) is 2.12. The highest BCUT2D eigenvalue weighted by molar-refractivity contribution is 5.93. The summed E-state index contributed by atoms with van der Waals surface area (Å²) < 4.78 is 1.45. The number of nitrogens with one attached hydrogen (secondary N) is 1. The number of rotatable bonds is 5. The number of aromatic nitrogens is 4. The molecule has 1 aromatic heterocycles. The van der Waals surface area contributed by atoms with Gasteiger partial charge in [0.25, 0.3) is 5.91 Å². The van der Waals surface area contributed by atoms with E-state index in [0.717, 1.165) is 0 Å². The number of nitrogens with two attached hydrogens (primary N) is 1. The Morgan fingerprint density at radius 2 is 2.05 bits per heavy atom. The molecule has 0 aliphatic heterocycles. The lowest BCUT2D eigenvalue weighted by Crippen LogP contribution is -2.29. The van der Waals surface area contributed by atoms with E-state index in [1.54, 1.807) is 24.3 Å². The molecule has 98 valence electrons. The third kappa shape index (κ3) is 3.33. The third-order valence-electron chi connectivity index (χ3n) is 2.12. The van der Waals surface area contributed by atoms with Crippen molar-refractivity contribution in [1.29, 1.82) is 0 Å². The number of primary amides is 1. The fourth-order valence-corrected chi connectivity index (χ4v) is 1.28. The molecule has 0 unspecified atom stereocenters. The molecule has 0 aliphatic rings. The molecular weight excluding hydrogens is 252 g/mol. The number of carbonyl (C=O) groups excluding carboxylic acids is 2. The summed E-state index contributed by atoms with van der Waals surface area (Å²) in [4.78, 5) is 26.6. The van der Waals surface area contributed by atoms with Gasteiger partial charge in [0, 0.05) is 5.56 Å². The first-order chi connectivity index (χ1) is 9.16. The summed E-state index contributed by atoms with van der Waals surface area (Å²) in [6, 6.07) is 6.47. The van der Waals surface area contributed by atoms with Crippen molar-refractivity contribution < 1.29 is 14.4 Å². The smallest absolute Gasteiger partial charge is 0.274 e. The molecule has 2 rings (SSSR count). The highest BCUT2D eigenvalue weighted by Gasteiger charge is 2.06. The number of hydrogen-bond acceptors (Lipinski definition) is 6. The highest BCUT2D eigenvalue weighted by Crippen LogP contribution is 2.07. The van der Waals surface area contributed by atoms with E-state index < -0.39 is 11.8 Å². The summed E-state index contributed by atoms with van der Waals surface area (Å²) in [5, 5.41) is 10.7. The molecule has 9 heteroatoms. The van der Waals surface area contributed by atoms with Crippen molar-refractivity contribution in [2.75, 3.05) is 6.61 Å². The van der Waals surface area contributed by atoms with Crippen molar-refractivity contribution in [1.82, 2.24) is 25.7 Å². The fourth-order valence-electron chi connectivity index (χ4n) is 1.28. The van der Waals surface area contributed by atoms with Crippen LogP contribution in [0.15, 0.2) is 30.6 Å². The van der Waals surface area contributed by atoms with Gasteiger partial charge in [-0.1, -0.05) is 0 Å². The summed E-state index contributed by atoms with van der Waals surface area (Å²) >= 11 is 0. The topological polar surface area (TPSA) is 125 Å². The van der Waals surface area contributed by atoms with Gasteiger partial charge in [0.1, 0.15) is 6.33 Å². The Morgan fingerprint density at radius 1 is 1.32 bits per heavy atom. The minimum absolute atomic E-state index is 0.362. The van der Waals surface area contributed by atoms with Crippen LogP contribution in [0, 0.1) is 0 Å². The molecule has 0 spiro atoms. The average Bonchev–Trinajstić information content (AvgIpc) is 2.92. The zero-order chi connectivity index (χ0) is 13.7. The second-order valence-corrected chi connectivity index (χ2v) is 3.49. The van der Waals surface area contributed by atoms with Crippen molar-refractivity contribution in [3.05, 3.63) is 36.2 Å².